The number of rotatable bonds is 2. The van der Waals surface area contributed by atoms with Crippen molar-refractivity contribution in [3.63, 3.8) is 0 Å². The molecule has 3 heterocycles. The summed E-state index contributed by atoms with van der Waals surface area (Å²) in [5.41, 5.74) is 2.31. The minimum absolute atomic E-state index is 0.851. The molecule has 0 unspecified atom stereocenters. The van der Waals surface area contributed by atoms with E-state index in [0.717, 1.165) is 29.9 Å². The highest BCUT2D eigenvalue weighted by Gasteiger charge is 2.18. The van der Waals surface area contributed by atoms with Crippen LogP contribution in [0, 0.1) is 0 Å². The molecule has 17 heavy (non-hydrogen) atoms. The lowest BCUT2D eigenvalue weighted by molar-refractivity contribution is 0.573. The van der Waals surface area contributed by atoms with Crippen LogP contribution in [0.25, 0.3) is 5.65 Å². The number of halogens is 1. The number of nitrogens with zero attached hydrogens (tertiary/aromatic N) is 3. The van der Waals surface area contributed by atoms with Gasteiger partial charge >= 0.3 is 0 Å². The fraction of sp³-hybridized carbons (Fsp3) is 0.462. The van der Waals surface area contributed by atoms with Crippen molar-refractivity contribution in [3.05, 3.63) is 30.1 Å². The fourth-order valence-electron chi connectivity index (χ4n) is 2.52. The topological polar surface area (TPSA) is 20.5 Å². The van der Waals surface area contributed by atoms with Crippen LogP contribution in [0.4, 0.5) is 5.82 Å². The van der Waals surface area contributed by atoms with E-state index < -0.39 is 0 Å². The van der Waals surface area contributed by atoms with E-state index in [4.69, 9.17) is 4.98 Å². The van der Waals surface area contributed by atoms with E-state index in [1.807, 2.05) is 6.07 Å². The molecule has 0 spiro atoms. The molecule has 3 nitrogen and oxygen atoms in total. The second-order valence-electron chi connectivity index (χ2n) is 4.49. The van der Waals surface area contributed by atoms with Gasteiger partial charge in [-0.2, -0.15) is 0 Å². The third kappa shape index (κ3) is 1.95. The first-order valence-electron chi connectivity index (χ1n) is 6.17. The van der Waals surface area contributed by atoms with Gasteiger partial charge in [-0.15, -0.1) is 0 Å². The number of hydrogen-bond acceptors (Lipinski definition) is 2. The van der Waals surface area contributed by atoms with E-state index in [9.17, 15) is 0 Å². The molecule has 0 saturated carbocycles. The highest BCUT2D eigenvalue weighted by molar-refractivity contribution is 9.08. The third-order valence-electron chi connectivity index (χ3n) is 3.39. The highest BCUT2D eigenvalue weighted by Crippen LogP contribution is 2.26. The van der Waals surface area contributed by atoms with Crippen LogP contribution in [0.3, 0.4) is 0 Å². The Balaban J connectivity index is 2.08. The zero-order valence-corrected chi connectivity index (χ0v) is 11.4. The van der Waals surface area contributed by atoms with Crippen LogP contribution in [0.2, 0.25) is 0 Å². The van der Waals surface area contributed by atoms with Gasteiger partial charge < -0.3 is 9.30 Å². The molecule has 0 atom stereocenters. The molecular formula is C13H16BrN3. The molecule has 0 aliphatic carbocycles. The average molecular weight is 294 g/mol. The van der Waals surface area contributed by atoms with E-state index in [1.165, 1.54) is 25.0 Å². The fourth-order valence-corrected chi connectivity index (χ4v) is 3.04. The molecule has 0 aromatic carbocycles. The van der Waals surface area contributed by atoms with Gasteiger partial charge in [-0.25, -0.2) is 4.98 Å². The van der Waals surface area contributed by atoms with Crippen molar-refractivity contribution in [2.75, 3.05) is 18.0 Å². The van der Waals surface area contributed by atoms with Crippen molar-refractivity contribution < 1.29 is 0 Å². The van der Waals surface area contributed by atoms with Gasteiger partial charge in [-0.3, -0.25) is 0 Å². The maximum absolute atomic E-state index is 4.77. The van der Waals surface area contributed by atoms with Crippen LogP contribution in [0.5, 0.6) is 0 Å². The van der Waals surface area contributed by atoms with Crippen molar-refractivity contribution >= 4 is 27.4 Å². The Morgan fingerprint density at radius 3 is 2.76 bits per heavy atom. The SMILES string of the molecule is BrCc1c(N2CCCCC2)nc2ccccn12. The van der Waals surface area contributed by atoms with Crippen molar-refractivity contribution in [1.82, 2.24) is 9.38 Å². The lowest BCUT2D eigenvalue weighted by Crippen LogP contribution is -2.30. The summed E-state index contributed by atoms with van der Waals surface area (Å²) in [7, 11) is 0. The van der Waals surface area contributed by atoms with Gasteiger partial charge in [-0.05, 0) is 31.4 Å². The summed E-state index contributed by atoms with van der Waals surface area (Å²) in [5.74, 6) is 1.16. The molecule has 2 aromatic heterocycles. The second kappa shape index (κ2) is 4.69. The summed E-state index contributed by atoms with van der Waals surface area (Å²) < 4.78 is 2.18. The second-order valence-corrected chi connectivity index (χ2v) is 5.05. The number of fused-ring (bicyclic) bond motifs is 1. The van der Waals surface area contributed by atoms with Crippen molar-refractivity contribution in [1.29, 1.82) is 0 Å². The quantitative estimate of drug-likeness (QED) is 0.793. The van der Waals surface area contributed by atoms with Gasteiger partial charge in [0, 0.05) is 24.6 Å². The monoisotopic (exact) mass is 293 g/mol. The average Bonchev–Trinajstić information content (AvgIpc) is 2.78. The van der Waals surface area contributed by atoms with E-state index >= 15 is 0 Å². The maximum Gasteiger partial charge on any atom is 0.152 e. The van der Waals surface area contributed by atoms with Gasteiger partial charge in [0.25, 0.3) is 0 Å². The molecule has 0 amide bonds. The van der Waals surface area contributed by atoms with Crippen molar-refractivity contribution in [2.45, 2.75) is 24.6 Å². The lowest BCUT2D eigenvalue weighted by atomic mass is 10.1. The summed E-state index contributed by atoms with van der Waals surface area (Å²) in [6.45, 7) is 2.29. The Morgan fingerprint density at radius 1 is 1.18 bits per heavy atom. The molecule has 1 saturated heterocycles. The molecule has 1 aliphatic rings. The summed E-state index contributed by atoms with van der Waals surface area (Å²) in [4.78, 5) is 7.19. The van der Waals surface area contributed by atoms with Crippen LogP contribution >= 0.6 is 15.9 Å². The van der Waals surface area contributed by atoms with Crippen LogP contribution in [0.1, 0.15) is 25.0 Å². The Kier molecular flexibility index (Phi) is 3.05. The Morgan fingerprint density at radius 2 is 2.00 bits per heavy atom. The van der Waals surface area contributed by atoms with Gasteiger partial charge in [0.1, 0.15) is 5.65 Å². The third-order valence-corrected chi connectivity index (χ3v) is 3.92. The predicted octanol–water partition coefficient (Wildman–Crippen LogP) is 3.22. The molecule has 0 bridgehead atoms. The molecule has 1 aliphatic heterocycles. The number of aromatic nitrogens is 2. The first-order chi connectivity index (χ1) is 8.40. The highest BCUT2D eigenvalue weighted by atomic mass is 79.9. The first-order valence-corrected chi connectivity index (χ1v) is 7.29. The predicted molar refractivity (Wildman–Crippen MR) is 73.9 cm³/mol. The van der Waals surface area contributed by atoms with Crippen LogP contribution in [-0.4, -0.2) is 22.5 Å². The molecule has 1 fully saturated rings. The minimum atomic E-state index is 0.851. The molecular weight excluding hydrogens is 278 g/mol. The zero-order chi connectivity index (χ0) is 11.7. The summed E-state index contributed by atoms with van der Waals surface area (Å²) >= 11 is 3.59. The number of hydrogen-bond donors (Lipinski definition) is 0. The molecule has 0 radical (unpaired) electrons. The van der Waals surface area contributed by atoms with Gasteiger partial charge in [0.2, 0.25) is 0 Å². The van der Waals surface area contributed by atoms with Crippen LogP contribution in [-0.2, 0) is 5.33 Å². The number of alkyl halides is 1. The van der Waals surface area contributed by atoms with Gasteiger partial charge in [0.15, 0.2) is 5.82 Å². The lowest BCUT2D eigenvalue weighted by Gasteiger charge is -2.27. The Bertz CT molecular complexity index is 514. The summed E-state index contributed by atoms with van der Waals surface area (Å²) in [5, 5.41) is 0.851. The summed E-state index contributed by atoms with van der Waals surface area (Å²) in [6.07, 6.45) is 6.02. The van der Waals surface area contributed by atoms with Crippen molar-refractivity contribution in [3.8, 4) is 0 Å². The Hall–Kier alpha value is -1.03. The van der Waals surface area contributed by atoms with Gasteiger partial charge in [0.05, 0.1) is 5.69 Å². The maximum atomic E-state index is 4.77. The molecule has 2 aromatic rings. The molecule has 0 N–H and O–H groups in total. The van der Waals surface area contributed by atoms with E-state index in [1.54, 1.807) is 0 Å². The normalized spacial score (nSPS) is 16.6. The number of imidazole rings is 1. The molecule has 4 heteroatoms. The Labute approximate surface area is 110 Å². The van der Waals surface area contributed by atoms with Crippen LogP contribution < -0.4 is 4.90 Å². The minimum Gasteiger partial charge on any atom is -0.355 e. The van der Waals surface area contributed by atoms with Crippen LogP contribution in [0.15, 0.2) is 24.4 Å². The van der Waals surface area contributed by atoms with Crippen molar-refractivity contribution in [2.24, 2.45) is 0 Å². The van der Waals surface area contributed by atoms with Gasteiger partial charge in [-0.1, -0.05) is 22.0 Å². The van der Waals surface area contributed by atoms with E-state index in [0.29, 0.717) is 0 Å². The largest absolute Gasteiger partial charge is 0.355 e. The zero-order valence-electron chi connectivity index (χ0n) is 9.77. The molecule has 3 rings (SSSR count). The first kappa shape index (κ1) is 11.1. The summed E-state index contributed by atoms with van der Waals surface area (Å²) in [6, 6.07) is 6.17. The number of anilines is 1. The number of piperidine rings is 1. The number of pyridine rings is 1. The smallest absolute Gasteiger partial charge is 0.152 e. The van der Waals surface area contributed by atoms with E-state index in [2.05, 4.69) is 43.6 Å². The van der Waals surface area contributed by atoms with E-state index in [-0.39, 0.29) is 0 Å². The molecule has 90 valence electrons. The standard InChI is InChI=1S/C13H16BrN3/c14-10-11-13(16-7-3-1-4-8-16)15-12-6-2-5-9-17(11)12/h2,5-6,9H,1,3-4,7-8,10H2.